The van der Waals surface area contributed by atoms with Crippen molar-refractivity contribution in [2.24, 2.45) is 0 Å². The fourth-order valence-electron chi connectivity index (χ4n) is 1.33. The van der Waals surface area contributed by atoms with E-state index in [9.17, 15) is 0 Å². The Balaban J connectivity index is 2.00. The second-order valence-electron chi connectivity index (χ2n) is 3.12. The SMILES string of the molecule is c1ccc(-c2ncc(-c3cocn3)s2)nc1. The Hall–Kier alpha value is -2.01. The summed E-state index contributed by atoms with van der Waals surface area (Å²) in [6.07, 6.45) is 6.56. The van der Waals surface area contributed by atoms with Gasteiger partial charge in [0.25, 0.3) is 0 Å². The number of aromatic nitrogens is 3. The molecule has 0 bridgehead atoms. The molecule has 0 N–H and O–H groups in total. The van der Waals surface area contributed by atoms with Crippen molar-refractivity contribution in [2.75, 3.05) is 0 Å². The molecule has 0 radical (unpaired) electrons. The molecule has 3 aromatic rings. The summed E-state index contributed by atoms with van der Waals surface area (Å²) in [5.41, 5.74) is 1.68. The lowest BCUT2D eigenvalue weighted by atomic mass is 10.4. The molecule has 0 fully saturated rings. The minimum Gasteiger partial charge on any atom is -0.451 e. The van der Waals surface area contributed by atoms with Crippen LogP contribution in [0.1, 0.15) is 0 Å². The zero-order valence-electron chi connectivity index (χ0n) is 8.20. The summed E-state index contributed by atoms with van der Waals surface area (Å²) < 4.78 is 4.94. The first-order chi connectivity index (χ1) is 7.93. The second kappa shape index (κ2) is 3.86. The smallest absolute Gasteiger partial charge is 0.181 e. The van der Waals surface area contributed by atoms with E-state index in [1.54, 1.807) is 30.0 Å². The van der Waals surface area contributed by atoms with Crippen LogP contribution >= 0.6 is 11.3 Å². The van der Waals surface area contributed by atoms with Crippen molar-refractivity contribution >= 4 is 11.3 Å². The van der Waals surface area contributed by atoms with E-state index in [4.69, 9.17) is 4.42 Å². The third-order valence-electron chi connectivity index (χ3n) is 2.07. The quantitative estimate of drug-likeness (QED) is 0.678. The van der Waals surface area contributed by atoms with E-state index < -0.39 is 0 Å². The minimum absolute atomic E-state index is 0.805. The van der Waals surface area contributed by atoms with Crippen LogP contribution in [0.25, 0.3) is 21.3 Å². The molecule has 0 saturated carbocycles. The molecule has 3 rings (SSSR count). The molecule has 0 unspecified atom stereocenters. The summed E-state index contributed by atoms with van der Waals surface area (Å²) in [6.45, 7) is 0. The molecule has 78 valence electrons. The largest absolute Gasteiger partial charge is 0.451 e. The van der Waals surface area contributed by atoms with Gasteiger partial charge in [-0.1, -0.05) is 6.07 Å². The first-order valence-corrected chi connectivity index (χ1v) is 5.51. The van der Waals surface area contributed by atoms with Crippen molar-refractivity contribution in [3.05, 3.63) is 43.2 Å². The van der Waals surface area contributed by atoms with Crippen LogP contribution in [0.15, 0.2) is 47.7 Å². The van der Waals surface area contributed by atoms with Crippen LogP contribution in [-0.2, 0) is 0 Å². The van der Waals surface area contributed by atoms with Crippen molar-refractivity contribution in [1.29, 1.82) is 0 Å². The Morgan fingerprint density at radius 3 is 2.81 bits per heavy atom. The van der Waals surface area contributed by atoms with Crippen LogP contribution in [0.3, 0.4) is 0 Å². The number of pyridine rings is 1. The molecule has 0 aliphatic carbocycles. The minimum atomic E-state index is 0.805. The predicted octanol–water partition coefficient (Wildman–Crippen LogP) is 2.86. The molecule has 0 spiro atoms. The average molecular weight is 229 g/mol. The summed E-state index contributed by atoms with van der Waals surface area (Å²) in [7, 11) is 0. The molecule has 0 saturated heterocycles. The highest BCUT2D eigenvalue weighted by molar-refractivity contribution is 7.18. The highest BCUT2D eigenvalue weighted by Crippen LogP contribution is 2.29. The summed E-state index contributed by atoms with van der Waals surface area (Å²) in [5.74, 6) is 0. The number of rotatable bonds is 2. The maximum Gasteiger partial charge on any atom is 0.181 e. The average Bonchev–Trinajstić information content (AvgIpc) is 3.01. The van der Waals surface area contributed by atoms with Gasteiger partial charge in [0.15, 0.2) is 6.39 Å². The topological polar surface area (TPSA) is 51.8 Å². The monoisotopic (exact) mass is 229 g/mol. The molecule has 0 aromatic carbocycles. The van der Waals surface area contributed by atoms with E-state index in [-0.39, 0.29) is 0 Å². The lowest BCUT2D eigenvalue weighted by Gasteiger charge is -1.91. The molecule has 0 aliphatic rings. The lowest BCUT2D eigenvalue weighted by Crippen LogP contribution is -1.78. The second-order valence-corrected chi connectivity index (χ2v) is 4.15. The van der Waals surface area contributed by atoms with Gasteiger partial charge >= 0.3 is 0 Å². The summed E-state index contributed by atoms with van der Waals surface area (Å²) >= 11 is 1.55. The van der Waals surface area contributed by atoms with Crippen molar-refractivity contribution < 1.29 is 4.42 Å². The van der Waals surface area contributed by atoms with E-state index in [0.29, 0.717) is 0 Å². The first-order valence-electron chi connectivity index (χ1n) is 4.69. The zero-order chi connectivity index (χ0) is 10.8. The van der Waals surface area contributed by atoms with Crippen molar-refractivity contribution in [3.8, 4) is 21.3 Å². The zero-order valence-corrected chi connectivity index (χ0v) is 9.02. The molecule has 3 aromatic heterocycles. The van der Waals surface area contributed by atoms with Crippen molar-refractivity contribution in [1.82, 2.24) is 15.0 Å². The molecular weight excluding hydrogens is 222 g/mol. The normalized spacial score (nSPS) is 10.5. The lowest BCUT2D eigenvalue weighted by molar-refractivity contribution is 0.558. The standard InChI is InChI=1S/C11H7N3OS/c1-2-4-12-8(3-1)11-13-5-10(16-11)9-6-15-7-14-9/h1-7H. The fourth-order valence-corrected chi connectivity index (χ4v) is 2.18. The number of hydrogen-bond acceptors (Lipinski definition) is 5. The Kier molecular flexibility index (Phi) is 2.23. The molecule has 0 amide bonds. The van der Waals surface area contributed by atoms with Crippen LogP contribution in [0.4, 0.5) is 0 Å². The first kappa shape index (κ1) is 9.23. The molecule has 3 heterocycles. The summed E-state index contributed by atoms with van der Waals surface area (Å²) in [4.78, 5) is 13.6. The maximum absolute atomic E-state index is 4.94. The van der Waals surface area contributed by atoms with Crippen LogP contribution in [0.5, 0.6) is 0 Å². The fraction of sp³-hybridized carbons (Fsp3) is 0. The Morgan fingerprint density at radius 1 is 1.06 bits per heavy atom. The highest BCUT2D eigenvalue weighted by atomic mass is 32.1. The molecule has 0 atom stereocenters. The van der Waals surface area contributed by atoms with Gasteiger partial charge in [-0.15, -0.1) is 11.3 Å². The Bertz CT molecular complexity index is 574. The van der Waals surface area contributed by atoms with Gasteiger partial charge in [0.05, 0.1) is 10.6 Å². The van der Waals surface area contributed by atoms with E-state index in [1.165, 1.54) is 6.39 Å². The van der Waals surface area contributed by atoms with Gasteiger partial charge in [-0.3, -0.25) is 4.98 Å². The van der Waals surface area contributed by atoms with Gasteiger partial charge in [-0.25, -0.2) is 9.97 Å². The summed E-state index contributed by atoms with van der Waals surface area (Å²) in [6, 6.07) is 5.76. The van der Waals surface area contributed by atoms with E-state index in [0.717, 1.165) is 21.3 Å². The van der Waals surface area contributed by atoms with Crippen LogP contribution in [0.2, 0.25) is 0 Å². The van der Waals surface area contributed by atoms with Gasteiger partial charge in [0.1, 0.15) is 17.0 Å². The van der Waals surface area contributed by atoms with Gasteiger partial charge in [0, 0.05) is 12.4 Å². The third-order valence-corrected chi connectivity index (χ3v) is 3.12. The van der Waals surface area contributed by atoms with Crippen LogP contribution in [-0.4, -0.2) is 15.0 Å². The summed E-state index contributed by atoms with van der Waals surface area (Å²) in [5, 5.41) is 0.888. The van der Waals surface area contributed by atoms with E-state index >= 15 is 0 Å². The Morgan fingerprint density at radius 2 is 2.06 bits per heavy atom. The van der Waals surface area contributed by atoms with Crippen molar-refractivity contribution in [3.63, 3.8) is 0 Å². The highest BCUT2D eigenvalue weighted by Gasteiger charge is 2.08. The van der Waals surface area contributed by atoms with Crippen LogP contribution in [0, 0.1) is 0 Å². The molecule has 5 heteroatoms. The number of nitrogens with zero attached hydrogens (tertiary/aromatic N) is 3. The van der Waals surface area contributed by atoms with Gasteiger partial charge in [-0.05, 0) is 12.1 Å². The Labute approximate surface area is 95.6 Å². The van der Waals surface area contributed by atoms with Crippen LogP contribution < -0.4 is 0 Å². The molecule has 4 nitrogen and oxygen atoms in total. The number of oxazole rings is 1. The maximum atomic E-state index is 4.94. The molecular formula is C11H7N3OS. The number of hydrogen-bond donors (Lipinski definition) is 0. The predicted molar refractivity (Wildman–Crippen MR) is 60.8 cm³/mol. The van der Waals surface area contributed by atoms with E-state index in [2.05, 4.69) is 15.0 Å². The van der Waals surface area contributed by atoms with Gasteiger partial charge in [-0.2, -0.15) is 0 Å². The molecule has 0 aliphatic heterocycles. The van der Waals surface area contributed by atoms with Gasteiger partial charge in [0.2, 0.25) is 0 Å². The molecule has 16 heavy (non-hydrogen) atoms. The number of thiazole rings is 1. The van der Waals surface area contributed by atoms with Gasteiger partial charge < -0.3 is 4.42 Å². The third kappa shape index (κ3) is 1.61. The van der Waals surface area contributed by atoms with E-state index in [1.807, 2.05) is 18.2 Å². The van der Waals surface area contributed by atoms with Crippen molar-refractivity contribution in [2.45, 2.75) is 0 Å².